The van der Waals surface area contributed by atoms with E-state index in [2.05, 4.69) is 36.6 Å². The largest absolute Gasteiger partial charge is 0.370 e. The van der Waals surface area contributed by atoms with Crippen molar-refractivity contribution in [2.45, 2.75) is 19.5 Å². The van der Waals surface area contributed by atoms with Crippen LogP contribution in [0.1, 0.15) is 12.1 Å². The Morgan fingerprint density at radius 3 is 2.66 bits per heavy atom. The molecule has 1 aromatic heterocycles. The summed E-state index contributed by atoms with van der Waals surface area (Å²) in [6.07, 6.45) is 1.27. The molecule has 0 bridgehead atoms. The first-order chi connectivity index (χ1) is 14.2. The molecule has 0 aliphatic carbocycles. The van der Waals surface area contributed by atoms with E-state index in [9.17, 15) is 4.79 Å². The van der Waals surface area contributed by atoms with Crippen LogP contribution in [-0.2, 0) is 0 Å². The number of aryl methyl sites for hydroxylation is 1. The second kappa shape index (κ2) is 8.85. The van der Waals surface area contributed by atoms with Crippen LogP contribution >= 0.6 is 0 Å². The molecular weight excluding hydrogens is 366 g/mol. The highest BCUT2D eigenvalue weighted by Gasteiger charge is 2.12. The number of rotatable bonds is 6. The Labute approximate surface area is 169 Å². The Hall–Kier alpha value is -3.23. The van der Waals surface area contributed by atoms with Gasteiger partial charge in [-0.3, -0.25) is 5.32 Å². The number of nitrogens with zero attached hydrogens (tertiary/aromatic N) is 2. The molecule has 0 saturated carbocycles. The molecule has 1 aliphatic heterocycles. The predicted octanol–water partition coefficient (Wildman–Crippen LogP) is 2.90. The van der Waals surface area contributed by atoms with Gasteiger partial charge in [-0.1, -0.05) is 30.3 Å². The first-order valence-electron chi connectivity index (χ1n) is 9.79. The summed E-state index contributed by atoms with van der Waals surface area (Å²) < 4.78 is 0. The van der Waals surface area contributed by atoms with Crippen LogP contribution in [0.15, 0.2) is 48.5 Å². The van der Waals surface area contributed by atoms with E-state index in [-0.39, 0.29) is 12.0 Å². The van der Waals surface area contributed by atoms with Crippen LogP contribution in [-0.4, -0.2) is 41.8 Å². The summed E-state index contributed by atoms with van der Waals surface area (Å²) in [7, 11) is 0. The maximum atomic E-state index is 12.4. The number of amides is 2. The molecule has 8 nitrogen and oxygen atoms in total. The van der Waals surface area contributed by atoms with Crippen molar-refractivity contribution in [1.29, 1.82) is 0 Å². The van der Waals surface area contributed by atoms with Crippen LogP contribution in [0, 0.1) is 6.92 Å². The highest BCUT2D eigenvalue weighted by molar-refractivity contribution is 6.00. The topological polar surface area (TPSA) is 103 Å². The number of benzene rings is 2. The summed E-state index contributed by atoms with van der Waals surface area (Å²) in [4.78, 5) is 21.1. The van der Waals surface area contributed by atoms with Crippen LogP contribution in [0.3, 0.4) is 0 Å². The smallest absolute Gasteiger partial charge is 0.326 e. The molecule has 0 unspecified atom stereocenters. The summed E-state index contributed by atoms with van der Waals surface area (Å²) in [6, 6.07) is 15.3. The second-order valence-corrected chi connectivity index (χ2v) is 7.04. The minimum Gasteiger partial charge on any atom is -0.370 e. The molecule has 150 valence electrons. The summed E-state index contributed by atoms with van der Waals surface area (Å²) in [5.74, 6) is 0.958. The second-order valence-electron chi connectivity index (χ2n) is 7.04. The lowest BCUT2D eigenvalue weighted by Crippen LogP contribution is -2.32. The Balaban J connectivity index is 1.35. The van der Waals surface area contributed by atoms with Crippen molar-refractivity contribution in [3.05, 3.63) is 54.2 Å². The average molecular weight is 391 g/mol. The zero-order valence-corrected chi connectivity index (χ0v) is 16.3. The SMILES string of the molecule is Cc1cc(NCCC2NCCN2)nc(NC(=O)Nc2ccc3ccccc3c2)n1. The average Bonchev–Trinajstić information content (AvgIpc) is 3.21. The number of hydrogen-bond donors (Lipinski definition) is 5. The van der Waals surface area contributed by atoms with Gasteiger partial charge in [-0.05, 0) is 36.2 Å². The van der Waals surface area contributed by atoms with E-state index in [4.69, 9.17) is 0 Å². The van der Waals surface area contributed by atoms with Crippen LogP contribution in [0.25, 0.3) is 10.8 Å². The molecule has 4 rings (SSSR count). The first kappa shape index (κ1) is 19.1. The van der Waals surface area contributed by atoms with Crippen LogP contribution in [0.5, 0.6) is 0 Å². The van der Waals surface area contributed by atoms with E-state index in [1.807, 2.05) is 55.5 Å². The van der Waals surface area contributed by atoms with Gasteiger partial charge in [-0.15, -0.1) is 0 Å². The first-order valence-corrected chi connectivity index (χ1v) is 9.79. The molecule has 1 fully saturated rings. The molecule has 1 aliphatic rings. The van der Waals surface area contributed by atoms with E-state index in [1.165, 1.54) is 0 Å². The van der Waals surface area contributed by atoms with Crippen LogP contribution in [0.2, 0.25) is 0 Å². The molecule has 0 spiro atoms. The standard InChI is InChI=1S/C21H25N7O/c1-14-12-19(22-9-8-18-23-10-11-24-18)27-20(25-14)28-21(29)26-17-7-6-15-4-2-3-5-16(15)13-17/h2-7,12-13,18,23-24H,8-11H2,1H3,(H3,22,25,26,27,28,29). The van der Waals surface area contributed by atoms with Gasteiger partial charge in [0, 0.05) is 37.1 Å². The molecule has 3 aromatic rings. The highest BCUT2D eigenvalue weighted by Crippen LogP contribution is 2.19. The van der Waals surface area contributed by atoms with Crippen molar-refractivity contribution in [1.82, 2.24) is 20.6 Å². The minimum absolute atomic E-state index is 0.267. The molecule has 8 heteroatoms. The number of carbonyl (C=O) groups excluding carboxylic acids is 1. The van der Waals surface area contributed by atoms with Crippen molar-refractivity contribution < 1.29 is 4.79 Å². The van der Waals surface area contributed by atoms with Gasteiger partial charge >= 0.3 is 6.03 Å². The third-order valence-corrected chi connectivity index (χ3v) is 4.73. The molecule has 0 radical (unpaired) electrons. The number of urea groups is 1. The van der Waals surface area contributed by atoms with Crippen molar-refractivity contribution in [2.24, 2.45) is 0 Å². The molecule has 2 amide bonds. The van der Waals surface area contributed by atoms with Crippen LogP contribution in [0.4, 0.5) is 22.2 Å². The zero-order chi connectivity index (χ0) is 20.1. The van der Waals surface area contributed by atoms with Crippen molar-refractivity contribution in [2.75, 3.05) is 35.6 Å². The van der Waals surface area contributed by atoms with E-state index in [1.54, 1.807) is 0 Å². The third kappa shape index (κ3) is 5.18. The Bertz CT molecular complexity index is 1000. The van der Waals surface area contributed by atoms with Gasteiger partial charge in [0.2, 0.25) is 5.95 Å². The van der Waals surface area contributed by atoms with Gasteiger partial charge in [0.15, 0.2) is 0 Å². The van der Waals surface area contributed by atoms with Gasteiger partial charge in [0.05, 0.1) is 6.17 Å². The fourth-order valence-electron chi connectivity index (χ4n) is 3.36. The van der Waals surface area contributed by atoms with Gasteiger partial charge in [0.1, 0.15) is 5.82 Å². The number of anilines is 3. The number of hydrogen-bond acceptors (Lipinski definition) is 6. The Kier molecular flexibility index (Phi) is 5.83. The Morgan fingerprint density at radius 1 is 1.03 bits per heavy atom. The molecule has 5 N–H and O–H groups in total. The normalized spacial score (nSPS) is 14.1. The maximum absolute atomic E-state index is 12.4. The monoisotopic (exact) mass is 391 g/mol. The minimum atomic E-state index is -0.379. The number of aromatic nitrogens is 2. The lowest BCUT2D eigenvalue weighted by Gasteiger charge is -2.13. The van der Waals surface area contributed by atoms with Crippen molar-refractivity contribution >= 4 is 34.3 Å². The predicted molar refractivity (Wildman–Crippen MR) is 116 cm³/mol. The Morgan fingerprint density at radius 2 is 1.83 bits per heavy atom. The molecule has 2 aromatic carbocycles. The maximum Gasteiger partial charge on any atom is 0.326 e. The summed E-state index contributed by atoms with van der Waals surface area (Å²) >= 11 is 0. The van der Waals surface area contributed by atoms with Gasteiger partial charge in [-0.2, -0.15) is 4.98 Å². The van der Waals surface area contributed by atoms with Gasteiger partial charge in [0.25, 0.3) is 0 Å². The lowest BCUT2D eigenvalue weighted by atomic mass is 10.1. The third-order valence-electron chi connectivity index (χ3n) is 4.73. The van der Waals surface area contributed by atoms with E-state index in [0.29, 0.717) is 17.7 Å². The van der Waals surface area contributed by atoms with E-state index >= 15 is 0 Å². The van der Waals surface area contributed by atoms with Gasteiger partial charge < -0.3 is 21.3 Å². The van der Waals surface area contributed by atoms with E-state index in [0.717, 1.165) is 42.5 Å². The number of nitrogens with one attached hydrogen (secondary N) is 5. The van der Waals surface area contributed by atoms with Crippen molar-refractivity contribution in [3.63, 3.8) is 0 Å². The fourth-order valence-corrected chi connectivity index (χ4v) is 3.36. The fraction of sp³-hybridized carbons (Fsp3) is 0.286. The molecule has 2 heterocycles. The summed E-state index contributed by atoms with van der Waals surface area (Å²) in [5, 5.41) is 17.8. The summed E-state index contributed by atoms with van der Waals surface area (Å²) in [5.41, 5.74) is 1.49. The molecule has 1 saturated heterocycles. The highest BCUT2D eigenvalue weighted by atomic mass is 16.2. The number of carbonyl (C=O) groups is 1. The van der Waals surface area contributed by atoms with E-state index < -0.39 is 0 Å². The lowest BCUT2D eigenvalue weighted by molar-refractivity contribution is 0.262. The quantitative estimate of drug-likeness (QED) is 0.443. The van der Waals surface area contributed by atoms with Crippen molar-refractivity contribution in [3.8, 4) is 0 Å². The molecule has 29 heavy (non-hydrogen) atoms. The number of fused-ring (bicyclic) bond motifs is 1. The van der Waals surface area contributed by atoms with Gasteiger partial charge in [-0.25, -0.2) is 9.78 Å². The molecule has 0 atom stereocenters. The zero-order valence-electron chi connectivity index (χ0n) is 16.3. The van der Waals surface area contributed by atoms with Crippen LogP contribution < -0.4 is 26.6 Å². The summed E-state index contributed by atoms with van der Waals surface area (Å²) in [6.45, 7) is 4.64. The molecular formula is C21H25N7O.